The van der Waals surface area contributed by atoms with Crippen molar-refractivity contribution in [2.75, 3.05) is 18.0 Å². The summed E-state index contributed by atoms with van der Waals surface area (Å²) in [5.74, 6) is -1.19. The van der Waals surface area contributed by atoms with Crippen molar-refractivity contribution >= 4 is 17.6 Å². The summed E-state index contributed by atoms with van der Waals surface area (Å²) in [5, 5.41) is 8.82. The zero-order valence-corrected chi connectivity index (χ0v) is 12.8. The summed E-state index contributed by atoms with van der Waals surface area (Å²) in [4.78, 5) is 24.6. The van der Waals surface area contributed by atoms with E-state index in [0.29, 0.717) is 12.1 Å². The lowest BCUT2D eigenvalue weighted by Crippen LogP contribution is -2.27. The predicted molar refractivity (Wildman–Crippen MR) is 81.8 cm³/mol. The molecule has 116 valence electrons. The Hall–Kier alpha value is -2.04. The van der Waals surface area contributed by atoms with Gasteiger partial charge in [0, 0.05) is 18.8 Å². The molecular weight excluding hydrogens is 270 g/mol. The fraction of sp³-hybridized carbons (Fsp3) is 0.500. The minimum absolute atomic E-state index is 0.0701. The van der Waals surface area contributed by atoms with Gasteiger partial charge in [-0.15, -0.1) is 0 Å². The molecule has 0 heterocycles. The predicted octanol–water partition coefficient (Wildman–Crippen LogP) is 2.94. The summed E-state index contributed by atoms with van der Waals surface area (Å²) in [7, 11) is 0. The summed E-state index contributed by atoms with van der Waals surface area (Å²) >= 11 is 0. The molecule has 0 saturated heterocycles. The Morgan fingerprint density at radius 3 is 2.57 bits per heavy atom. The summed E-state index contributed by atoms with van der Waals surface area (Å²) in [6, 6.07) is 7.12. The quantitative estimate of drug-likeness (QED) is 0.746. The van der Waals surface area contributed by atoms with E-state index in [4.69, 9.17) is 9.84 Å². The van der Waals surface area contributed by atoms with Crippen LogP contribution >= 0.6 is 0 Å². The minimum atomic E-state index is -0.827. The number of carboxylic acids is 1. The van der Waals surface area contributed by atoms with Gasteiger partial charge in [-0.25, -0.2) is 4.79 Å². The number of hydrogen-bond acceptors (Lipinski definition) is 4. The highest BCUT2D eigenvalue weighted by Gasteiger charge is 2.13. The number of esters is 1. The SMILES string of the molecule is CCCN(CCC(=O)O)c1cccc(C(=O)OC(C)C)c1. The molecule has 1 aromatic rings. The molecule has 0 fully saturated rings. The van der Waals surface area contributed by atoms with E-state index in [1.165, 1.54) is 0 Å². The molecule has 0 radical (unpaired) electrons. The minimum Gasteiger partial charge on any atom is -0.481 e. The van der Waals surface area contributed by atoms with Crippen LogP contribution in [0.2, 0.25) is 0 Å². The fourth-order valence-electron chi connectivity index (χ4n) is 1.98. The summed E-state index contributed by atoms with van der Waals surface area (Å²) in [5.41, 5.74) is 1.33. The van der Waals surface area contributed by atoms with Crippen LogP contribution < -0.4 is 4.90 Å². The van der Waals surface area contributed by atoms with Gasteiger partial charge in [0.1, 0.15) is 0 Å². The lowest BCUT2D eigenvalue weighted by molar-refractivity contribution is -0.136. The number of carboxylic acid groups (broad SMARTS) is 1. The van der Waals surface area contributed by atoms with E-state index < -0.39 is 5.97 Å². The maximum atomic E-state index is 11.9. The second-order valence-corrected chi connectivity index (χ2v) is 5.14. The number of nitrogens with zero attached hydrogens (tertiary/aromatic N) is 1. The first-order valence-electron chi connectivity index (χ1n) is 7.21. The van der Waals surface area contributed by atoms with Crippen LogP contribution in [0.5, 0.6) is 0 Å². The Balaban J connectivity index is 2.88. The van der Waals surface area contributed by atoms with E-state index in [9.17, 15) is 9.59 Å². The number of anilines is 1. The molecule has 21 heavy (non-hydrogen) atoms. The molecule has 1 aromatic carbocycles. The molecule has 5 nitrogen and oxygen atoms in total. The molecule has 0 spiro atoms. The van der Waals surface area contributed by atoms with Crippen molar-refractivity contribution in [3.63, 3.8) is 0 Å². The first-order chi connectivity index (χ1) is 9.93. The van der Waals surface area contributed by atoms with Crippen LogP contribution in [0.25, 0.3) is 0 Å². The standard InChI is InChI=1S/C16H23NO4/c1-4-9-17(10-8-15(18)19)14-7-5-6-13(11-14)16(20)21-12(2)3/h5-7,11-12H,4,8-10H2,1-3H3,(H,18,19). The Morgan fingerprint density at radius 1 is 1.29 bits per heavy atom. The van der Waals surface area contributed by atoms with Gasteiger partial charge in [-0.3, -0.25) is 4.79 Å². The molecule has 0 saturated carbocycles. The van der Waals surface area contributed by atoms with E-state index in [2.05, 4.69) is 0 Å². The molecule has 0 atom stereocenters. The first-order valence-corrected chi connectivity index (χ1v) is 7.21. The van der Waals surface area contributed by atoms with Gasteiger partial charge in [-0.05, 0) is 38.5 Å². The number of rotatable bonds is 8. The molecule has 0 unspecified atom stereocenters. The van der Waals surface area contributed by atoms with E-state index in [-0.39, 0.29) is 18.5 Å². The highest BCUT2D eigenvalue weighted by molar-refractivity contribution is 5.90. The molecule has 0 aromatic heterocycles. The van der Waals surface area contributed by atoms with Gasteiger partial charge >= 0.3 is 11.9 Å². The fourth-order valence-corrected chi connectivity index (χ4v) is 1.98. The Morgan fingerprint density at radius 2 is 2.00 bits per heavy atom. The maximum absolute atomic E-state index is 11.9. The number of ether oxygens (including phenoxy) is 1. The van der Waals surface area contributed by atoms with Crippen LogP contribution in [-0.4, -0.2) is 36.2 Å². The van der Waals surface area contributed by atoms with Crippen molar-refractivity contribution in [1.82, 2.24) is 0 Å². The van der Waals surface area contributed by atoms with Gasteiger partial charge in [-0.2, -0.15) is 0 Å². The van der Waals surface area contributed by atoms with Gasteiger partial charge in [0.05, 0.1) is 18.1 Å². The Labute approximate surface area is 125 Å². The zero-order valence-electron chi connectivity index (χ0n) is 12.8. The molecule has 0 bridgehead atoms. The molecule has 1 N–H and O–H groups in total. The van der Waals surface area contributed by atoms with E-state index in [1.54, 1.807) is 32.0 Å². The molecule has 1 rings (SSSR count). The lowest BCUT2D eigenvalue weighted by atomic mass is 10.1. The topological polar surface area (TPSA) is 66.8 Å². The lowest BCUT2D eigenvalue weighted by Gasteiger charge is -2.24. The third-order valence-corrected chi connectivity index (χ3v) is 2.88. The van der Waals surface area contributed by atoms with Gasteiger partial charge < -0.3 is 14.7 Å². The average molecular weight is 293 g/mol. The second kappa shape index (κ2) is 8.29. The van der Waals surface area contributed by atoms with Crippen molar-refractivity contribution < 1.29 is 19.4 Å². The maximum Gasteiger partial charge on any atom is 0.338 e. The van der Waals surface area contributed by atoms with E-state index in [1.807, 2.05) is 17.9 Å². The molecule has 0 amide bonds. The van der Waals surface area contributed by atoms with Gasteiger partial charge in [0.15, 0.2) is 0 Å². The van der Waals surface area contributed by atoms with Crippen LogP contribution in [-0.2, 0) is 9.53 Å². The third kappa shape index (κ3) is 5.85. The second-order valence-electron chi connectivity index (χ2n) is 5.14. The Kier molecular flexibility index (Phi) is 6.72. The van der Waals surface area contributed by atoms with Crippen molar-refractivity contribution in [2.45, 2.75) is 39.7 Å². The summed E-state index contributed by atoms with van der Waals surface area (Å²) < 4.78 is 5.18. The summed E-state index contributed by atoms with van der Waals surface area (Å²) in [6.07, 6.45) is 0.806. The van der Waals surface area contributed by atoms with Crippen LogP contribution in [0.3, 0.4) is 0 Å². The number of benzene rings is 1. The molecule has 0 aliphatic carbocycles. The Bertz CT molecular complexity index is 485. The van der Waals surface area contributed by atoms with E-state index >= 15 is 0 Å². The normalized spacial score (nSPS) is 10.5. The largest absolute Gasteiger partial charge is 0.481 e. The van der Waals surface area contributed by atoms with E-state index in [0.717, 1.165) is 18.7 Å². The monoisotopic (exact) mass is 293 g/mol. The molecule has 0 aliphatic rings. The van der Waals surface area contributed by atoms with Gasteiger partial charge in [0.2, 0.25) is 0 Å². The molecule has 5 heteroatoms. The first kappa shape index (κ1) is 17.0. The zero-order chi connectivity index (χ0) is 15.8. The van der Waals surface area contributed by atoms with Gasteiger partial charge in [0.25, 0.3) is 0 Å². The average Bonchev–Trinajstić information content (AvgIpc) is 2.42. The highest BCUT2D eigenvalue weighted by atomic mass is 16.5. The smallest absolute Gasteiger partial charge is 0.338 e. The molecule has 0 aliphatic heterocycles. The van der Waals surface area contributed by atoms with Crippen molar-refractivity contribution in [1.29, 1.82) is 0 Å². The highest BCUT2D eigenvalue weighted by Crippen LogP contribution is 2.18. The van der Waals surface area contributed by atoms with Crippen molar-refractivity contribution in [3.05, 3.63) is 29.8 Å². The van der Waals surface area contributed by atoms with Crippen LogP contribution in [0, 0.1) is 0 Å². The van der Waals surface area contributed by atoms with Crippen LogP contribution in [0.4, 0.5) is 5.69 Å². The van der Waals surface area contributed by atoms with Crippen LogP contribution in [0.15, 0.2) is 24.3 Å². The third-order valence-electron chi connectivity index (χ3n) is 2.88. The van der Waals surface area contributed by atoms with Crippen molar-refractivity contribution in [3.8, 4) is 0 Å². The van der Waals surface area contributed by atoms with Crippen LogP contribution in [0.1, 0.15) is 44.0 Å². The number of aliphatic carboxylic acids is 1. The van der Waals surface area contributed by atoms with Crippen molar-refractivity contribution in [2.24, 2.45) is 0 Å². The number of carbonyl (C=O) groups excluding carboxylic acids is 1. The molecular formula is C16H23NO4. The number of carbonyl (C=O) groups is 2. The van der Waals surface area contributed by atoms with Gasteiger partial charge in [-0.1, -0.05) is 13.0 Å². The number of hydrogen-bond donors (Lipinski definition) is 1. The summed E-state index contributed by atoms with van der Waals surface area (Å²) in [6.45, 7) is 6.81.